The third kappa shape index (κ3) is 1.32. The summed E-state index contributed by atoms with van der Waals surface area (Å²) in [6.45, 7) is 0. The molecule has 0 aliphatic rings. The predicted molar refractivity (Wildman–Crippen MR) is 45.8 cm³/mol. The molecule has 0 fully saturated rings. The van der Waals surface area contributed by atoms with E-state index in [-0.39, 0.29) is 0 Å². The van der Waals surface area contributed by atoms with Crippen LogP contribution >= 0.6 is 0 Å². The maximum Gasteiger partial charge on any atom is 0.327 e. The first kappa shape index (κ1) is 6.98. The molecule has 0 saturated carbocycles. The van der Waals surface area contributed by atoms with Crippen LogP contribution in [0.3, 0.4) is 0 Å². The molecule has 2 aromatic heterocycles. The predicted octanol–water partition coefficient (Wildman–Crippen LogP) is 1.36. The second-order valence-electron chi connectivity index (χ2n) is 2.47. The van der Waals surface area contributed by atoms with Crippen molar-refractivity contribution in [2.45, 2.75) is 0 Å². The van der Waals surface area contributed by atoms with Gasteiger partial charge in [-0.3, -0.25) is 0 Å². The Hall–Kier alpha value is -1.70. The van der Waals surface area contributed by atoms with Crippen LogP contribution in [0.4, 0.5) is 0 Å². The number of nitrogens with zero attached hydrogens (tertiary/aromatic N) is 2. The van der Waals surface area contributed by atoms with Crippen LogP contribution in [0.2, 0.25) is 0 Å². The third-order valence-corrected chi connectivity index (χ3v) is 1.63. The second-order valence-corrected chi connectivity index (χ2v) is 2.47. The molecular formula is C10H9N2+. The topological polar surface area (TPSA) is 16.8 Å². The van der Waals surface area contributed by atoms with E-state index >= 15 is 0 Å². The van der Waals surface area contributed by atoms with E-state index in [9.17, 15) is 0 Å². The van der Waals surface area contributed by atoms with Gasteiger partial charge in [0.05, 0.1) is 12.4 Å². The lowest BCUT2D eigenvalue weighted by Crippen LogP contribution is -2.29. The molecule has 0 radical (unpaired) electrons. The molecule has 0 unspecified atom stereocenters. The van der Waals surface area contributed by atoms with E-state index in [1.807, 2.05) is 53.4 Å². The van der Waals surface area contributed by atoms with E-state index in [1.54, 1.807) is 6.20 Å². The molecule has 2 nitrogen and oxygen atoms in total. The molecule has 0 aromatic carbocycles. The maximum absolute atomic E-state index is 4.21. The lowest BCUT2D eigenvalue weighted by Gasteiger charge is -1.91. The van der Waals surface area contributed by atoms with Gasteiger partial charge < -0.3 is 0 Å². The van der Waals surface area contributed by atoms with E-state index < -0.39 is 0 Å². The highest BCUT2D eigenvalue weighted by atomic mass is 15.0. The zero-order valence-electron chi connectivity index (χ0n) is 6.59. The summed E-state index contributed by atoms with van der Waals surface area (Å²) in [6, 6.07) is 11.8. The SMILES string of the molecule is c1cc[n+](-c2ccccn2)cc1. The smallest absolute Gasteiger partial charge is 0.203 e. The number of pyridine rings is 2. The molecule has 2 heteroatoms. The monoisotopic (exact) mass is 157 g/mol. The quantitative estimate of drug-likeness (QED) is 0.571. The van der Waals surface area contributed by atoms with Crippen molar-refractivity contribution in [2.75, 3.05) is 0 Å². The Labute approximate surface area is 71.1 Å². The number of hydrogen-bond donors (Lipinski definition) is 0. The summed E-state index contributed by atoms with van der Waals surface area (Å²) in [5, 5.41) is 0. The van der Waals surface area contributed by atoms with Crippen molar-refractivity contribution in [1.29, 1.82) is 0 Å². The Morgan fingerprint density at radius 1 is 0.917 bits per heavy atom. The minimum atomic E-state index is 0.943. The van der Waals surface area contributed by atoms with Crippen LogP contribution < -0.4 is 4.57 Å². The summed E-state index contributed by atoms with van der Waals surface area (Å²) in [5.74, 6) is 0.943. The summed E-state index contributed by atoms with van der Waals surface area (Å²) < 4.78 is 1.97. The first-order chi connectivity index (χ1) is 5.97. The molecule has 0 aliphatic heterocycles. The second kappa shape index (κ2) is 3.13. The lowest BCUT2D eigenvalue weighted by atomic mass is 10.4. The summed E-state index contributed by atoms with van der Waals surface area (Å²) in [4.78, 5) is 4.21. The molecule has 12 heavy (non-hydrogen) atoms. The van der Waals surface area contributed by atoms with Crippen LogP contribution in [0, 0.1) is 0 Å². The summed E-state index contributed by atoms with van der Waals surface area (Å²) in [5.41, 5.74) is 0. The fourth-order valence-corrected chi connectivity index (χ4v) is 1.06. The average Bonchev–Trinajstić information content (AvgIpc) is 2.21. The van der Waals surface area contributed by atoms with Gasteiger partial charge in [0.25, 0.3) is 0 Å². The van der Waals surface area contributed by atoms with Gasteiger partial charge >= 0.3 is 5.82 Å². The summed E-state index contributed by atoms with van der Waals surface area (Å²) in [7, 11) is 0. The van der Waals surface area contributed by atoms with Crippen molar-refractivity contribution in [3.05, 3.63) is 55.0 Å². The zero-order valence-corrected chi connectivity index (χ0v) is 6.59. The number of aromatic nitrogens is 2. The molecule has 0 spiro atoms. The Morgan fingerprint density at radius 2 is 1.75 bits per heavy atom. The lowest BCUT2D eigenvalue weighted by molar-refractivity contribution is -0.599. The third-order valence-electron chi connectivity index (χ3n) is 1.63. The van der Waals surface area contributed by atoms with Gasteiger partial charge in [0.1, 0.15) is 6.20 Å². The summed E-state index contributed by atoms with van der Waals surface area (Å²) in [6.07, 6.45) is 5.74. The van der Waals surface area contributed by atoms with Crippen LogP contribution in [0.5, 0.6) is 0 Å². The van der Waals surface area contributed by atoms with E-state index in [4.69, 9.17) is 0 Å². The van der Waals surface area contributed by atoms with E-state index in [0.29, 0.717) is 0 Å². The van der Waals surface area contributed by atoms with Crippen LogP contribution in [0.15, 0.2) is 55.0 Å². The molecule has 2 aromatic rings. The summed E-state index contributed by atoms with van der Waals surface area (Å²) >= 11 is 0. The van der Waals surface area contributed by atoms with Crippen molar-refractivity contribution in [3.63, 3.8) is 0 Å². The van der Waals surface area contributed by atoms with Gasteiger partial charge in [0.15, 0.2) is 0 Å². The first-order valence-electron chi connectivity index (χ1n) is 3.84. The molecular weight excluding hydrogens is 148 g/mol. The minimum absolute atomic E-state index is 0.943. The molecule has 0 bridgehead atoms. The van der Waals surface area contributed by atoms with E-state index in [0.717, 1.165) is 5.82 Å². The van der Waals surface area contributed by atoms with Crippen molar-refractivity contribution >= 4 is 0 Å². The van der Waals surface area contributed by atoms with E-state index in [1.165, 1.54) is 0 Å². The fraction of sp³-hybridized carbons (Fsp3) is 0. The van der Waals surface area contributed by atoms with Gasteiger partial charge in [-0.1, -0.05) is 12.1 Å². The van der Waals surface area contributed by atoms with Crippen molar-refractivity contribution in [3.8, 4) is 5.82 Å². The number of rotatable bonds is 1. The van der Waals surface area contributed by atoms with Gasteiger partial charge in [-0.15, -0.1) is 0 Å². The van der Waals surface area contributed by atoms with Crippen molar-refractivity contribution in [1.82, 2.24) is 4.98 Å². The van der Waals surface area contributed by atoms with Crippen LogP contribution in [-0.4, -0.2) is 4.98 Å². The van der Waals surface area contributed by atoms with Gasteiger partial charge in [-0.2, -0.15) is 0 Å². The van der Waals surface area contributed by atoms with E-state index in [2.05, 4.69) is 4.98 Å². The minimum Gasteiger partial charge on any atom is -0.203 e. The first-order valence-corrected chi connectivity index (χ1v) is 3.84. The van der Waals surface area contributed by atoms with Crippen LogP contribution in [-0.2, 0) is 0 Å². The molecule has 0 atom stereocenters. The molecule has 58 valence electrons. The molecule has 2 rings (SSSR count). The average molecular weight is 157 g/mol. The highest BCUT2D eigenvalue weighted by Crippen LogP contribution is 1.91. The zero-order chi connectivity index (χ0) is 8.23. The number of hydrogen-bond acceptors (Lipinski definition) is 1. The van der Waals surface area contributed by atoms with Crippen LogP contribution in [0.1, 0.15) is 0 Å². The van der Waals surface area contributed by atoms with Gasteiger partial charge in [-0.25, -0.2) is 4.57 Å². The fourth-order valence-electron chi connectivity index (χ4n) is 1.06. The van der Waals surface area contributed by atoms with Gasteiger partial charge in [0.2, 0.25) is 0 Å². The van der Waals surface area contributed by atoms with Gasteiger partial charge in [-0.05, 0) is 23.2 Å². The molecule has 0 amide bonds. The Bertz CT molecular complexity index is 305. The molecule has 0 aliphatic carbocycles. The van der Waals surface area contributed by atoms with Crippen molar-refractivity contribution < 1.29 is 4.57 Å². The van der Waals surface area contributed by atoms with Crippen molar-refractivity contribution in [2.24, 2.45) is 0 Å². The standard InChI is InChI=1S/C10H9N2/c1-4-8-12(9-5-1)10-6-2-3-7-11-10/h1-9H/q+1. The largest absolute Gasteiger partial charge is 0.327 e. The van der Waals surface area contributed by atoms with Crippen LogP contribution in [0.25, 0.3) is 5.82 Å². The highest BCUT2D eigenvalue weighted by Gasteiger charge is 2.01. The molecule has 0 saturated heterocycles. The normalized spacial score (nSPS) is 9.67. The van der Waals surface area contributed by atoms with Gasteiger partial charge in [0, 0.05) is 6.07 Å². The molecule has 2 heterocycles. The molecule has 0 N–H and O–H groups in total. The Kier molecular flexibility index (Phi) is 1.82. The maximum atomic E-state index is 4.21. The highest BCUT2D eigenvalue weighted by molar-refractivity contribution is 5.09. The Morgan fingerprint density at radius 3 is 2.42 bits per heavy atom. The Balaban J connectivity index is 2.46.